The Bertz CT molecular complexity index is 738. The standard InChI is InChI=1S/C22H27NOS/c1-4-5-6-18-8-10-19(11-9-18)21(24)23-13-14-25-22(23)20-12-7-16(2)15-17(20)3/h7-12,15,22H,4-6,13-14H2,1-3H3/t22-/m1/s1. The number of carbonyl (C=O) groups is 1. The van der Waals surface area contributed by atoms with E-state index in [1.165, 1.54) is 35.1 Å². The smallest absolute Gasteiger partial charge is 0.255 e. The van der Waals surface area contributed by atoms with Gasteiger partial charge >= 0.3 is 0 Å². The third kappa shape index (κ3) is 4.09. The number of unbranched alkanes of at least 4 members (excludes halogenated alkanes) is 1. The number of nitrogens with zero attached hydrogens (tertiary/aromatic N) is 1. The van der Waals surface area contributed by atoms with Crippen LogP contribution in [0.1, 0.15) is 57.8 Å². The van der Waals surface area contributed by atoms with Gasteiger partial charge in [0.05, 0.1) is 0 Å². The molecule has 0 unspecified atom stereocenters. The molecule has 0 N–H and O–H groups in total. The Morgan fingerprint density at radius 1 is 1.16 bits per heavy atom. The number of rotatable bonds is 5. The van der Waals surface area contributed by atoms with E-state index in [1.54, 1.807) is 0 Å². The van der Waals surface area contributed by atoms with Crippen LogP contribution in [0, 0.1) is 13.8 Å². The summed E-state index contributed by atoms with van der Waals surface area (Å²) in [6.45, 7) is 7.28. The average molecular weight is 354 g/mol. The summed E-state index contributed by atoms with van der Waals surface area (Å²) in [5.74, 6) is 1.15. The minimum Gasteiger partial charge on any atom is -0.322 e. The summed E-state index contributed by atoms with van der Waals surface area (Å²) in [7, 11) is 0. The topological polar surface area (TPSA) is 20.3 Å². The van der Waals surface area contributed by atoms with E-state index in [0.29, 0.717) is 0 Å². The van der Waals surface area contributed by atoms with Crippen molar-refractivity contribution in [3.8, 4) is 0 Å². The van der Waals surface area contributed by atoms with E-state index in [0.717, 1.165) is 24.3 Å². The van der Waals surface area contributed by atoms with Crippen LogP contribution in [0.5, 0.6) is 0 Å². The predicted molar refractivity (Wildman–Crippen MR) is 107 cm³/mol. The van der Waals surface area contributed by atoms with Crippen LogP contribution in [0.3, 0.4) is 0 Å². The van der Waals surface area contributed by atoms with Crippen molar-refractivity contribution in [3.05, 3.63) is 70.3 Å². The van der Waals surface area contributed by atoms with Crippen molar-refractivity contribution in [2.75, 3.05) is 12.3 Å². The number of amides is 1. The maximum Gasteiger partial charge on any atom is 0.255 e. The number of thioether (sulfide) groups is 1. The molecule has 2 aromatic rings. The molecule has 0 saturated carbocycles. The highest BCUT2D eigenvalue weighted by atomic mass is 32.2. The van der Waals surface area contributed by atoms with Crippen molar-refractivity contribution in [1.82, 2.24) is 4.90 Å². The molecule has 0 radical (unpaired) electrons. The molecule has 2 aromatic carbocycles. The molecule has 1 saturated heterocycles. The maximum absolute atomic E-state index is 13.0. The van der Waals surface area contributed by atoms with Crippen molar-refractivity contribution in [1.29, 1.82) is 0 Å². The van der Waals surface area contributed by atoms with Gasteiger partial charge in [-0.15, -0.1) is 11.8 Å². The first-order valence-corrected chi connectivity index (χ1v) is 10.2. The molecule has 0 aliphatic carbocycles. The monoisotopic (exact) mass is 353 g/mol. The number of benzene rings is 2. The first-order chi connectivity index (χ1) is 12.1. The summed E-state index contributed by atoms with van der Waals surface area (Å²) in [5.41, 5.74) is 5.93. The Labute approximate surface area is 155 Å². The Balaban J connectivity index is 1.78. The molecule has 2 nitrogen and oxygen atoms in total. The second kappa shape index (κ2) is 8.09. The van der Waals surface area contributed by atoms with Gasteiger partial charge in [-0.05, 0) is 55.5 Å². The highest BCUT2D eigenvalue weighted by Gasteiger charge is 2.32. The van der Waals surface area contributed by atoms with Gasteiger partial charge in [-0.3, -0.25) is 4.79 Å². The molecular formula is C22H27NOS. The predicted octanol–water partition coefficient (Wildman–Crippen LogP) is 5.53. The number of aryl methyl sites for hydroxylation is 3. The lowest BCUT2D eigenvalue weighted by molar-refractivity contribution is 0.0760. The lowest BCUT2D eigenvalue weighted by atomic mass is 10.0. The molecule has 3 heteroatoms. The molecule has 0 aromatic heterocycles. The molecule has 1 atom stereocenters. The zero-order valence-electron chi connectivity index (χ0n) is 15.4. The third-order valence-corrected chi connectivity index (χ3v) is 6.11. The van der Waals surface area contributed by atoms with Crippen molar-refractivity contribution in [2.45, 2.75) is 45.4 Å². The van der Waals surface area contributed by atoms with Crippen LogP contribution in [-0.4, -0.2) is 23.1 Å². The van der Waals surface area contributed by atoms with Gasteiger partial charge < -0.3 is 4.90 Å². The zero-order chi connectivity index (χ0) is 17.8. The molecule has 1 amide bonds. The van der Waals surface area contributed by atoms with E-state index in [9.17, 15) is 4.79 Å². The molecule has 1 aliphatic heterocycles. The van der Waals surface area contributed by atoms with E-state index in [1.807, 2.05) is 28.8 Å². The van der Waals surface area contributed by atoms with Gasteiger partial charge in [0, 0.05) is 17.9 Å². The number of hydrogen-bond acceptors (Lipinski definition) is 2. The largest absolute Gasteiger partial charge is 0.322 e. The number of hydrogen-bond donors (Lipinski definition) is 0. The van der Waals surface area contributed by atoms with Crippen LogP contribution < -0.4 is 0 Å². The van der Waals surface area contributed by atoms with Gasteiger partial charge in [-0.1, -0.05) is 49.2 Å². The first-order valence-electron chi connectivity index (χ1n) is 9.19. The second-order valence-electron chi connectivity index (χ2n) is 6.88. The van der Waals surface area contributed by atoms with Crippen molar-refractivity contribution in [2.24, 2.45) is 0 Å². The highest BCUT2D eigenvalue weighted by molar-refractivity contribution is 7.99. The summed E-state index contributed by atoms with van der Waals surface area (Å²) < 4.78 is 0. The molecule has 132 valence electrons. The third-order valence-electron chi connectivity index (χ3n) is 4.86. The van der Waals surface area contributed by atoms with Crippen LogP contribution in [-0.2, 0) is 6.42 Å². The normalized spacial score (nSPS) is 17.1. The van der Waals surface area contributed by atoms with E-state index in [2.05, 4.69) is 51.1 Å². The molecule has 0 bridgehead atoms. The van der Waals surface area contributed by atoms with Crippen molar-refractivity contribution >= 4 is 17.7 Å². The quantitative estimate of drug-likeness (QED) is 0.704. The Hall–Kier alpha value is -1.74. The molecule has 1 heterocycles. The lowest BCUT2D eigenvalue weighted by Crippen LogP contribution is -2.30. The summed E-state index contributed by atoms with van der Waals surface area (Å²) >= 11 is 1.87. The van der Waals surface area contributed by atoms with Crippen LogP contribution >= 0.6 is 11.8 Å². The van der Waals surface area contributed by atoms with Gasteiger partial charge in [-0.25, -0.2) is 0 Å². The van der Waals surface area contributed by atoms with Crippen LogP contribution in [0.15, 0.2) is 42.5 Å². The van der Waals surface area contributed by atoms with Gasteiger partial charge in [0.1, 0.15) is 5.37 Å². The zero-order valence-corrected chi connectivity index (χ0v) is 16.2. The first kappa shape index (κ1) is 18.1. The molecule has 1 aliphatic rings. The lowest BCUT2D eigenvalue weighted by Gasteiger charge is -2.25. The SMILES string of the molecule is CCCCc1ccc(C(=O)N2CCS[C@@H]2c2ccc(C)cc2C)cc1. The average Bonchev–Trinajstić information content (AvgIpc) is 3.09. The molecule has 3 rings (SSSR count). The minimum atomic E-state index is 0.132. The van der Waals surface area contributed by atoms with Crippen LogP contribution in [0.2, 0.25) is 0 Å². The summed E-state index contributed by atoms with van der Waals surface area (Å²) in [6, 6.07) is 14.7. The molecule has 25 heavy (non-hydrogen) atoms. The van der Waals surface area contributed by atoms with Crippen molar-refractivity contribution in [3.63, 3.8) is 0 Å². The Kier molecular flexibility index (Phi) is 5.85. The van der Waals surface area contributed by atoms with Crippen LogP contribution in [0.25, 0.3) is 0 Å². The fourth-order valence-corrected chi connectivity index (χ4v) is 4.75. The second-order valence-corrected chi connectivity index (χ2v) is 8.07. The summed E-state index contributed by atoms with van der Waals surface area (Å²) in [5, 5.41) is 0.132. The minimum absolute atomic E-state index is 0.132. The Morgan fingerprint density at radius 3 is 2.60 bits per heavy atom. The molecule has 1 fully saturated rings. The summed E-state index contributed by atoms with van der Waals surface area (Å²) in [6.07, 6.45) is 3.49. The fraction of sp³-hybridized carbons (Fsp3) is 0.409. The number of carbonyl (C=O) groups excluding carboxylic acids is 1. The van der Waals surface area contributed by atoms with Gasteiger partial charge in [-0.2, -0.15) is 0 Å². The van der Waals surface area contributed by atoms with Crippen molar-refractivity contribution < 1.29 is 4.79 Å². The summed E-state index contributed by atoms with van der Waals surface area (Å²) in [4.78, 5) is 15.1. The van der Waals surface area contributed by atoms with Gasteiger partial charge in [0.2, 0.25) is 0 Å². The molecular weight excluding hydrogens is 326 g/mol. The van der Waals surface area contributed by atoms with Gasteiger partial charge in [0.15, 0.2) is 0 Å². The van der Waals surface area contributed by atoms with Gasteiger partial charge in [0.25, 0.3) is 5.91 Å². The fourth-order valence-electron chi connectivity index (χ4n) is 3.40. The van der Waals surface area contributed by atoms with Crippen LogP contribution in [0.4, 0.5) is 0 Å². The molecule has 0 spiro atoms. The van der Waals surface area contributed by atoms with E-state index in [4.69, 9.17) is 0 Å². The maximum atomic E-state index is 13.0. The Morgan fingerprint density at radius 2 is 1.92 bits per heavy atom. The van der Waals surface area contributed by atoms with E-state index in [-0.39, 0.29) is 11.3 Å². The van der Waals surface area contributed by atoms with E-state index >= 15 is 0 Å². The van der Waals surface area contributed by atoms with E-state index < -0.39 is 0 Å². The highest BCUT2D eigenvalue weighted by Crippen LogP contribution is 2.40.